The lowest BCUT2D eigenvalue weighted by molar-refractivity contribution is -0.124. The second-order valence-electron chi connectivity index (χ2n) is 2.91. The van der Waals surface area contributed by atoms with Crippen molar-refractivity contribution in [2.75, 3.05) is 6.54 Å². The minimum absolute atomic E-state index is 0.150. The molecule has 1 rings (SSSR count). The molecule has 0 saturated heterocycles. The summed E-state index contributed by atoms with van der Waals surface area (Å²) in [4.78, 5) is 11.0. The van der Waals surface area contributed by atoms with E-state index in [0.29, 0.717) is 0 Å². The fourth-order valence-corrected chi connectivity index (χ4v) is 0.958. The van der Waals surface area contributed by atoms with Crippen molar-refractivity contribution in [1.29, 1.82) is 0 Å². The maximum absolute atomic E-state index is 11.0. The first kappa shape index (κ1) is 7.32. The molecule has 0 spiro atoms. The molecule has 56 valence electrons. The summed E-state index contributed by atoms with van der Waals surface area (Å²) >= 11 is 0. The average molecular weight is 139 g/mol. The Bertz CT molecular complexity index is 172. The van der Waals surface area contributed by atoms with E-state index in [4.69, 9.17) is 0 Å². The van der Waals surface area contributed by atoms with Crippen LogP contribution in [0.25, 0.3) is 0 Å². The van der Waals surface area contributed by atoms with Crippen LogP contribution in [0.2, 0.25) is 0 Å². The van der Waals surface area contributed by atoms with Gasteiger partial charge in [-0.2, -0.15) is 0 Å². The molecule has 1 aliphatic rings. The molecule has 0 aromatic rings. The van der Waals surface area contributed by atoms with Gasteiger partial charge in [0, 0.05) is 12.5 Å². The maximum Gasteiger partial charge on any atom is 0.223 e. The summed E-state index contributed by atoms with van der Waals surface area (Å²) < 4.78 is 0. The van der Waals surface area contributed by atoms with Crippen molar-refractivity contribution in [3.05, 3.63) is 11.6 Å². The van der Waals surface area contributed by atoms with Crippen molar-refractivity contribution >= 4 is 5.91 Å². The van der Waals surface area contributed by atoms with Crippen molar-refractivity contribution in [2.24, 2.45) is 5.92 Å². The van der Waals surface area contributed by atoms with E-state index in [2.05, 4.69) is 11.4 Å². The highest BCUT2D eigenvalue weighted by Gasteiger charge is 2.13. The summed E-state index contributed by atoms with van der Waals surface area (Å²) in [6.07, 6.45) is 3.01. The first-order chi connectivity index (χ1) is 4.70. The molecular weight excluding hydrogens is 126 g/mol. The Morgan fingerprint density at radius 3 is 3.10 bits per heavy atom. The third-order valence-electron chi connectivity index (χ3n) is 1.81. The molecule has 0 fully saturated rings. The monoisotopic (exact) mass is 139 g/mol. The first-order valence-electron chi connectivity index (χ1n) is 3.63. The van der Waals surface area contributed by atoms with E-state index in [1.165, 1.54) is 5.57 Å². The van der Waals surface area contributed by atoms with Crippen LogP contribution < -0.4 is 5.32 Å². The smallest absolute Gasteiger partial charge is 0.223 e. The summed E-state index contributed by atoms with van der Waals surface area (Å²) in [6.45, 7) is 4.71. The van der Waals surface area contributed by atoms with Gasteiger partial charge in [0.05, 0.1) is 0 Å². The van der Waals surface area contributed by atoms with Gasteiger partial charge >= 0.3 is 0 Å². The molecule has 1 amide bonds. The van der Waals surface area contributed by atoms with Crippen LogP contribution in [0, 0.1) is 5.92 Å². The molecule has 2 nitrogen and oxygen atoms in total. The topological polar surface area (TPSA) is 29.1 Å². The van der Waals surface area contributed by atoms with Gasteiger partial charge in [0.1, 0.15) is 0 Å². The molecule has 0 radical (unpaired) electrons. The van der Waals surface area contributed by atoms with Gasteiger partial charge in [0.15, 0.2) is 0 Å². The van der Waals surface area contributed by atoms with Crippen LogP contribution in [0.5, 0.6) is 0 Å². The third kappa shape index (κ3) is 1.59. The molecule has 1 N–H and O–H groups in total. The van der Waals surface area contributed by atoms with Gasteiger partial charge in [-0.15, -0.1) is 0 Å². The van der Waals surface area contributed by atoms with Gasteiger partial charge in [0.25, 0.3) is 0 Å². The lowest BCUT2D eigenvalue weighted by Crippen LogP contribution is -2.28. The zero-order valence-corrected chi connectivity index (χ0v) is 6.48. The van der Waals surface area contributed by atoms with Crippen LogP contribution in [-0.4, -0.2) is 12.5 Å². The fraction of sp³-hybridized carbons (Fsp3) is 0.625. The largest absolute Gasteiger partial charge is 0.352 e. The van der Waals surface area contributed by atoms with Crippen molar-refractivity contribution in [3.63, 3.8) is 0 Å². The highest BCUT2D eigenvalue weighted by Crippen LogP contribution is 2.08. The molecule has 0 saturated carbocycles. The second kappa shape index (κ2) is 2.86. The summed E-state index contributed by atoms with van der Waals surface area (Å²) in [7, 11) is 0. The number of nitrogens with one attached hydrogen (secondary N) is 1. The minimum atomic E-state index is 0.150. The predicted molar refractivity (Wildman–Crippen MR) is 40.5 cm³/mol. The zero-order valence-electron chi connectivity index (χ0n) is 6.48. The minimum Gasteiger partial charge on any atom is -0.352 e. The number of hydrogen-bond donors (Lipinski definition) is 1. The van der Waals surface area contributed by atoms with E-state index in [9.17, 15) is 4.79 Å². The van der Waals surface area contributed by atoms with Crippen LogP contribution >= 0.6 is 0 Å². The van der Waals surface area contributed by atoms with Crippen molar-refractivity contribution < 1.29 is 4.79 Å². The van der Waals surface area contributed by atoms with Crippen LogP contribution in [0.15, 0.2) is 11.6 Å². The zero-order chi connectivity index (χ0) is 7.56. The molecular formula is C8H13NO. The molecule has 2 heteroatoms. The van der Waals surface area contributed by atoms with Crippen LogP contribution in [0.3, 0.4) is 0 Å². The SMILES string of the molecule is CC1=CC[C@@H](C)C(=O)NC1. The average Bonchev–Trinajstić information content (AvgIpc) is 2.04. The molecule has 0 aliphatic carbocycles. The summed E-state index contributed by atoms with van der Waals surface area (Å²) in [5.41, 5.74) is 1.26. The van der Waals surface area contributed by atoms with Crippen molar-refractivity contribution in [3.8, 4) is 0 Å². The molecule has 1 atom stereocenters. The highest BCUT2D eigenvalue weighted by atomic mass is 16.1. The third-order valence-corrected chi connectivity index (χ3v) is 1.81. The van der Waals surface area contributed by atoms with Crippen molar-refractivity contribution in [2.45, 2.75) is 20.3 Å². The van der Waals surface area contributed by atoms with Crippen LogP contribution in [0.1, 0.15) is 20.3 Å². The van der Waals surface area contributed by atoms with Crippen LogP contribution in [-0.2, 0) is 4.79 Å². The lowest BCUT2D eigenvalue weighted by atomic mass is 10.1. The summed E-state index contributed by atoms with van der Waals surface area (Å²) in [5.74, 6) is 0.325. The van der Waals surface area contributed by atoms with Crippen LogP contribution in [0.4, 0.5) is 0 Å². The summed E-state index contributed by atoms with van der Waals surface area (Å²) in [5, 5.41) is 2.84. The number of amides is 1. The van der Waals surface area contributed by atoms with Gasteiger partial charge in [-0.25, -0.2) is 0 Å². The number of carbonyl (C=O) groups excluding carboxylic acids is 1. The van der Waals surface area contributed by atoms with E-state index in [0.717, 1.165) is 13.0 Å². The molecule has 10 heavy (non-hydrogen) atoms. The molecule has 1 heterocycles. The molecule has 0 aromatic carbocycles. The normalized spacial score (nSPS) is 26.8. The Labute approximate surface area is 61.3 Å². The lowest BCUT2D eigenvalue weighted by Gasteiger charge is -2.04. The highest BCUT2D eigenvalue weighted by molar-refractivity contribution is 5.79. The number of hydrogen-bond acceptors (Lipinski definition) is 1. The Morgan fingerprint density at radius 2 is 2.40 bits per heavy atom. The quantitative estimate of drug-likeness (QED) is 0.500. The number of allylic oxidation sites excluding steroid dienone is 1. The van der Waals surface area contributed by atoms with E-state index in [-0.39, 0.29) is 11.8 Å². The number of carbonyl (C=O) groups is 1. The maximum atomic E-state index is 11.0. The van der Waals surface area contributed by atoms with Gasteiger partial charge in [0.2, 0.25) is 5.91 Å². The Hall–Kier alpha value is -0.790. The van der Waals surface area contributed by atoms with Gasteiger partial charge < -0.3 is 5.32 Å². The molecule has 0 bridgehead atoms. The van der Waals surface area contributed by atoms with Gasteiger partial charge in [-0.1, -0.05) is 18.6 Å². The Morgan fingerprint density at radius 1 is 1.70 bits per heavy atom. The molecule has 1 aliphatic heterocycles. The van der Waals surface area contributed by atoms with Gasteiger partial charge in [-0.3, -0.25) is 4.79 Å². The number of rotatable bonds is 0. The summed E-state index contributed by atoms with van der Waals surface area (Å²) in [6, 6.07) is 0. The molecule has 0 unspecified atom stereocenters. The Kier molecular flexibility index (Phi) is 2.10. The van der Waals surface area contributed by atoms with Crippen molar-refractivity contribution in [1.82, 2.24) is 5.32 Å². The Balaban J connectivity index is 2.60. The van der Waals surface area contributed by atoms with E-state index in [1.807, 2.05) is 13.8 Å². The standard InChI is InChI=1S/C8H13NO/c1-6-3-4-7(2)8(10)9-5-6/h3,7H,4-5H2,1-2H3,(H,9,10)/t7-/m1/s1. The van der Waals surface area contributed by atoms with Gasteiger partial charge in [-0.05, 0) is 13.3 Å². The van der Waals surface area contributed by atoms with E-state index >= 15 is 0 Å². The fourth-order valence-electron chi connectivity index (χ4n) is 0.958. The first-order valence-corrected chi connectivity index (χ1v) is 3.63. The predicted octanol–water partition coefficient (Wildman–Crippen LogP) is 1.09. The van der Waals surface area contributed by atoms with E-state index < -0.39 is 0 Å². The van der Waals surface area contributed by atoms with E-state index in [1.54, 1.807) is 0 Å². The second-order valence-corrected chi connectivity index (χ2v) is 2.91. The molecule has 0 aromatic heterocycles.